The average Bonchev–Trinajstić information content (AvgIpc) is 3.24. The summed E-state index contributed by atoms with van der Waals surface area (Å²) in [5.74, 6) is -0.717. The molecule has 0 saturated heterocycles. The SMILES string of the molecule is CC(NC(=O)C(OC(N)=O)C1Cc2ccccc2C1)C(=O)NCc1ccc2c(N)nccc2c1. The van der Waals surface area contributed by atoms with Crippen LogP contribution in [-0.4, -0.2) is 35.0 Å². The van der Waals surface area contributed by atoms with Crippen LogP contribution in [0, 0.1) is 5.92 Å². The van der Waals surface area contributed by atoms with Gasteiger partial charge in [-0.25, -0.2) is 9.78 Å². The van der Waals surface area contributed by atoms with Crippen LogP contribution in [0.3, 0.4) is 0 Å². The number of nitrogens with two attached hydrogens (primary N) is 2. The van der Waals surface area contributed by atoms with Crippen molar-refractivity contribution in [3.63, 3.8) is 0 Å². The highest BCUT2D eigenvalue weighted by atomic mass is 16.6. The van der Waals surface area contributed by atoms with E-state index in [9.17, 15) is 14.4 Å². The Morgan fingerprint density at radius 2 is 1.79 bits per heavy atom. The Morgan fingerprint density at radius 3 is 2.47 bits per heavy atom. The van der Waals surface area contributed by atoms with Crippen LogP contribution < -0.4 is 22.1 Å². The molecular weight excluding hydrogens is 434 g/mol. The molecule has 2 atom stereocenters. The van der Waals surface area contributed by atoms with E-state index in [4.69, 9.17) is 16.2 Å². The second-order valence-electron chi connectivity index (χ2n) is 8.49. The van der Waals surface area contributed by atoms with Crippen molar-refractivity contribution in [3.05, 3.63) is 71.4 Å². The molecule has 0 saturated carbocycles. The molecule has 6 N–H and O–H groups in total. The molecule has 0 aliphatic heterocycles. The highest BCUT2D eigenvalue weighted by Crippen LogP contribution is 2.30. The molecule has 0 fully saturated rings. The summed E-state index contributed by atoms with van der Waals surface area (Å²) in [6.07, 6.45) is 0.694. The number of hydrogen-bond donors (Lipinski definition) is 4. The number of benzene rings is 2. The topological polar surface area (TPSA) is 149 Å². The van der Waals surface area contributed by atoms with E-state index in [1.165, 1.54) is 0 Å². The molecule has 3 amide bonds. The third kappa shape index (κ3) is 5.09. The molecule has 176 valence electrons. The molecular formula is C25H27N5O4. The molecule has 9 heteroatoms. The number of nitrogens with zero attached hydrogens (tertiary/aromatic N) is 1. The van der Waals surface area contributed by atoms with Crippen molar-refractivity contribution in [3.8, 4) is 0 Å². The minimum atomic E-state index is -1.08. The average molecular weight is 462 g/mol. The first-order valence-electron chi connectivity index (χ1n) is 11.1. The third-order valence-corrected chi connectivity index (χ3v) is 6.09. The van der Waals surface area contributed by atoms with Crippen LogP contribution in [0.1, 0.15) is 23.6 Å². The van der Waals surface area contributed by atoms with Crippen molar-refractivity contribution in [2.24, 2.45) is 11.7 Å². The fraction of sp³-hybridized carbons (Fsp3) is 0.280. The number of nitrogens with one attached hydrogen (secondary N) is 2. The number of carbonyl (C=O) groups is 3. The van der Waals surface area contributed by atoms with Crippen LogP contribution >= 0.6 is 0 Å². The zero-order valence-corrected chi connectivity index (χ0v) is 18.8. The van der Waals surface area contributed by atoms with Crippen molar-refractivity contribution >= 4 is 34.5 Å². The second kappa shape index (κ2) is 9.78. The van der Waals surface area contributed by atoms with E-state index in [1.807, 2.05) is 48.5 Å². The molecule has 0 radical (unpaired) electrons. The van der Waals surface area contributed by atoms with Crippen LogP contribution in [0.2, 0.25) is 0 Å². The number of pyridine rings is 1. The van der Waals surface area contributed by atoms with E-state index in [1.54, 1.807) is 13.1 Å². The van der Waals surface area contributed by atoms with Crippen molar-refractivity contribution in [1.29, 1.82) is 0 Å². The van der Waals surface area contributed by atoms with Gasteiger partial charge in [0, 0.05) is 24.0 Å². The molecule has 9 nitrogen and oxygen atoms in total. The van der Waals surface area contributed by atoms with Gasteiger partial charge < -0.3 is 26.8 Å². The zero-order chi connectivity index (χ0) is 24.2. The molecule has 0 spiro atoms. The lowest BCUT2D eigenvalue weighted by Gasteiger charge is -2.24. The maximum atomic E-state index is 12.9. The summed E-state index contributed by atoms with van der Waals surface area (Å²) in [4.78, 5) is 41.1. The van der Waals surface area contributed by atoms with Gasteiger partial charge in [0.2, 0.25) is 5.91 Å². The molecule has 4 rings (SSSR count). The van der Waals surface area contributed by atoms with Gasteiger partial charge in [0.25, 0.3) is 5.91 Å². The van der Waals surface area contributed by atoms with Gasteiger partial charge in [-0.15, -0.1) is 0 Å². The quantitative estimate of drug-likeness (QED) is 0.422. The molecule has 1 aliphatic rings. The monoisotopic (exact) mass is 461 g/mol. The Hall–Kier alpha value is -4.14. The number of fused-ring (bicyclic) bond motifs is 2. The number of amides is 3. The van der Waals surface area contributed by atoms with E-state index in [2.05, 4.69) is 15.6 Å². The summed E-state index contributed by atoms with van der Waals surface area (Å²) in [5.41, 5.74) is 14.2. The number of anilines is 1. The second-order valence-corrected chi connectivity index (χ2v) is 8.49. The number of primary amides is 1. The molecule has 1 aromatic heterocycles. The number of nitrogen functional groups attached to an aromatic ring is 1. The number of rotatable bonds is 7. The summed E-state index contributed by atoms with van der Waals surface area (Å²) >= 11 is 0. The lowest BCUT2D eigenvalue weighted by Crippen LogP contribution is -2.51. The smallest absolute Gasteiger partial charge is 0.405 e. The minimum absolute atomic E-state index is 0.250. The first kappa shape index (κ1) is 23.0. The van der Waals surface area contributed by atoms with Gasteiger partial charge in [0.15, 0.2) is 6.10 Å². The summed E-state index contributed by atoms with van der Waals surface area (Å²) in [5, 5.41) is 7.23. The lowest BCUT2D eigenvalue weighted by atomic mass is 9.98. The highest BCUT2D eigenvalue weighted by Gasteiger charge is 2.36. The van der Waals surface area contributed by atoms with Crippen LogP contribution in [0.4, 0.5) is 10.6 Å². The molecule has 1 aliphatic carbocycles. The predicted molar refractivity (Wildman–Crippen MR) is 127 cm³/mol. The summed E-state index contributed by atoms with van der Waals surface area (Å²) in [6.45, 7) is 1.85. The van der Waals surface area contributed by atoms with Gasteiger partial charge in [0.1, 0.15) is 11.9 Å². The number of hydrogen-bond acceptors (Lipinski definition) is 6. The maximum Gasteiger partial charge on any atom is 0.405 e. The fourth-order valence-corrected chi connectivity index (χ4v) is 4.36. The van der Waals surface area contributed by atoms with Gasteiger partial charge in [-0.05, 0) is 54.0 Å². The largest absolute Gasteiger partial charge is 0.436 e. The van der Waals surface area contributed by atoms with E-state index in [-0.39, 0.29) is 18.4 Å². The standard InChI is InChI=1S/C25H27N5O4/c1-14(23(31)29-13-15-6-7-20-18(10-15)8-9-28-22(20)26)30-24(32)21(34-25(27)33)19-11-16-4-2-3-5-17(16)12-19/h2-10,14,19,21H,11-13H2,1H3,(H2,26,28)(H2,27,33)(H,29,31)(H,30,32). The van der Waals surface area contributed by atoms with Crippen LogP contribution in [0.15, 0.2) is 54.7 Å². The number of aromatic nitrogens is 1. The molecule has 2 aromatic carbocycles. The first-order chi connectivity index (χ1) is 16.3. The summed E-state index contributed by atoms with van der Waals surface area (Å²) < 4.78 is 5.17. The van der Waals surface area contributed by atoms with E-state index in [0.29, 0.717) is 18.7 Å². The van der Waals surface area contributed by atoms with Crippen LogP contribution in [0.25, 0.3) is 10.8 Å². The van der Waals surface area contributed by atoms with Gasteiger partial charge in [-0.1, -0.05) is 36.4 Å². The van der Waals surface area contributed by atoms with Gasteiger partial charge in [0.05, 0.1) is 0 Å². The van der Waals surface area contributed by atoms with Crippen LogP contribution in [0.5, 0.6) is 0 Å². The number of carbonyl (C=O) groups excluding carboxylic acids is 3. The normalized spacial score (nSPS) is 14.7. The number of ether oxygens (including phenoxy) is 1. The highest BCUT2D eigenvalue weighted by molar-refractivity contribution is 5.92. The Bertz CT molecular complexity index is 1220. The van der Waals surface area contributed by atoms with E-state index < -0.39 is 24.1 Å². The van der Waals surface area contributed by atoms with Crippen molar-refractivity contribution in [1.82, 2.24) is 15.6 Å². The van der Waals surface area contributed by atoms with Gasteiger partial charge in [-0.2, -0.15) is 0 Å². The molecule has 1 heterocycles. The molecule has 2 unspecified atom stereocenters. The van der Waals surface area contributed by atoms with Gasteiger partial charge in [-0.3, -0.25) is 9.59 Å². The van der Waals surface area contributed by atoms with E-state index in [0.717, 1.165) is 27.5 Å². The molecule has 34 heavy (non-hydrogen) atoms. The van der Waals surface area contributed by atoms with Crippen molar-refractivity contribution in [2.45, 2.75) is 38.5 Å². The molecule has 0 bridgehead atoms. The Balaban J connectivity index is 1.36. The predicted octanol–water partition coefficient (Wildman–Crippen LogP) is 1.82. The summed E-state index contributed by atoms with van der Waals surface area (Å²) in [6, 6.07) is 14.5. The Labute approximate surface area is 196 Å². The minimum Gasteiger partial charge on any atom is -0.436 e. The zero-order valence-electron chi connectivity index (χ0n) is 18.8. The first-order valence-corrected chi connectivity index (χ1v) is 11.1. The Morgan fingerprint density at radius 1 is 1.09 bits per heavy atom. The van der Waals surface area contributed by atoms with Crippen molar-refractivity contribution in [2.75, 3.05) is 5.73 Å². The third-order valence-electron chi connectivity index (χ3n) is 6.09. The summed E-state index contributed by atoms with van der Waals surface area (Å²) in [7, 11) is 0. The van der Waals surface area contributed by atoms with Gasteiger partial charge >= 0.3 is 6.09 Å². The molecule has 3 aromatic rings. The fourth-order valence-electron chi connectivity index (χ4n) is 4.36. The maximum absolute atomic E-state index is 12.9. The van der Waals surface area contributed by atoms with E-state index >= 15 is 0 Å². The lowest BCUT2D eigenvalue weighted by molar-refractivity contribution is -0.135. The Kier molecular flexibility index (Phi) is 6.62. The van der Waals surface area contributed by atoms with Crippen molar-refractivity contribution < 1.29 is 19.1 Å². The van der Waals surface area contributed by atoms with Crippen LogP contribution in [-0.2, 0) is 33.7 Å².